The van der Waals surface area contributed by atoms with Crippen LogP contribution in [-0.2, 0) is 11.2 Å². The Morgan fingerprint density at radius 2 is 2.29 bits per heavy atom. The fourth-order valence-corrected chi connectivity index (χ4v) is 2.62. The summed E-state index contributed by atoms with van der Waals surface area (Å²) in [6.45, 7) is 4.29. The summed E-state index contributed by atoms with van der Waals surface area (Å²) < 4.78 is 5.22. The van der Waals surface area contributed by atoms with Crippen molar-refractivity contribution in [1.82, 2.24) is 20.8 Å². The zero-order chi connectivity index (χ0) is 16.2. The van der Waals surface area contributed by atoms with Gasteiger partial charge in [-0.25, -0.2) is 0 Å². The van der Waals surface area contributed by atoms with Crippen molar-refractivity contribution in [3.8, 4) is 11.4 Å². The zero-order valence-corrected chi connectivity index (χ0v) is 14.9. The van der Waals surface area contributed by atoms with Crippen molar-refractivity contribution in [1.29, 1.82) is 0 Å². The Balaban J connectivity index is 0.00000208. The molecule has 1 aromatic carbocycles. The molecule has 0 aliphatic carbocycles. The van der Waals surface area contributed by atoms with Crippen molar-refractivity contribution in [2.75, 3.05) is 19.6 Å². The van der Waals surface area contributed by atoms with Crippen LogP contribution in [0.5, 0.6) is 0 Å². The predicted octanol–water partition coefficient (Wildman–Crippen LogP) is 2.33. The number of hydrogen-bond acceptors (Lipinski definition) is 5. The normalized spacial score (nSPS) is 15.2. The Bertz CT molecular complexity index is 688. The van der Waals surface area contributed by atoms with Crippen LogP contribution in [0.15, 0.2) is 28.8 Å². The van der Waals surface area contributed by atoms with Gasteiger partial charge in [-0.15, -0.1) is 12.4 Å². The second-order valence-electron chi connectivity index (χ2n) is 5.77. The molecule has 0 spiro atoms. The van der Waals surface area contributed by atoms with E-state index in [4.69, 9.17) is 16.1 Å². The first kappa shape index (κ1) is 18.7. The minimum Gasteiger partial charge on any atom is -0.355 e. The fourth-order valence-electron chi connectivity index (χ4n) is 2.43. The van der Waals surface area contributed by atoms with E-state index >= 15 is 0 Å². The number of hydrogen-bond donors (Lipinski definition) is 2. The van der Waals surface area contributed by atoms with Gasteiger partial charge in [0.15, 0.2) is 0 Å². The van der Waals surface area contributed by atoms with Gasteiger partial charge in [0.1, 0.15) is 0 Å². The largest absolute Gasteiger partial charge is 0.355 e. The van der Waals surface area contributed by atoms with E-state index in [0.717, 1.165) is 18.7 Å². The average Bonchev–Trinajstić information content (AvgIpc) is 2.94. The third-order valence-electron chi connectivity index (χ3n) is 4.12. The van der Waals surface area contributed by atoms with Crippen molar-refractivity contribution in [2.45, 2.75) is 13.3 Å². The quantitative estimate of drug-likeness (QED) is 0.815. The van der Waals surface area contributed by atoms with Gasteiger partial charge in [-0.05, 0) is 31.1 Å². The van der Waals surface area contributed by atoms with Gasteiger partial charge in [0.25, 0.3) is 0 Å². The van der Waals surface area contributed by atoms with Crippen LogP contribution in [0.1, 0.15) is 12.8 Å². The highest BCUT2D eigenvalue weighted by Gasteiger charge is 2.28. The maximum Gasteiger partial charge on any atom is 0.228 e. The first-order chi connectivity index (χ1) is 11.1. The highest BCUT2D eigenvalue weighted by Crippen LogP contribution is 2.20. The molecular weight excluding hydrogens is 351 g/mol. The van der Waals surface area contributed by atoms with Crippen molar-refractivity contribution in [2.24, 2.45) is 11.8 Å². The van der Waals surface area contributed by atoms with Crippen molar-refractivity contribution >= 4 is 29.9 Å². The molecule has 1 aliphatic rings. The highest BCUT2D eigenvalue weighted by atomic mass is 35.5. The third kappa shape index (κ3) is 4.47. The van der Waals surface area contributed by atoms with E-state index in [1.54, 1.807) is 12.1 Å². The van der Waals surface area contributed by atoms with E-state index in [1.165, 1.54) is 0 Å². The van der Waals surface area contributed by atoms with Gasteiger partial charge >= 0.3 is 0 Å². The van der Waals surface area contributed by atoms with Gasteiger partial charge in [-0.2, -0.15) is 4.98 Å². The summed E-state index contributed by atoms with van der Waals surface area (Å²) in [4.78, 5) is 16.3. The predicted molar refractivity (Wildman–Crippen MR) is 94.2 cm³/mol. The molecule has 1 unspecified atom stereocenters. The molecule has 130 valence electrons. The second kappa shape index (κ2) is 8.46. The molecule has 1 atom stereocenters. The van der Waals surface area contributed by atoms with Crippen LogP contribution in [0.2, 0.25) is 5.02 Å². The molecule has 1 aromatic heterocycles. The number of aromatic nitrogens is 2. The molecule has 1 saturated heterocycles. The topological polar surface area (TPSA) is 80.1 Å². The fraction of sp³-hybridized carbons (Fsp3) is 0.438. The number of benzene rings is 1. The molecule has 1 aliphatic heterocycles. The van der Waals surface area contributed by atoms with Crippen LogP contribution in [0, 0.1) is 11.8 Å². The number of rotatable bonds is 6. The van der Waals surface area contributed by atoms with Crippen LogP contribution < -0.4 is 10.6 Å². The monoisotopic (exact) mass is 370 g/mol. The summed E-state index contributed by atoms with van der Waals surface area (Å²) >= 11 is 5.95. The lowest BCUT2D eigenvalue weighted by Crippen LogP contribution is -2.49. The van der Waals surface area contributed by atoms with E-state index in [-0.39, 0.29) is 24.2 Å². The van der Waals surface area contributed by atoms with Crippen LogP contribution in [0.4, 0.5) is 0 Å². The van der Waals surface area contributed by atoms with E-state index in [1.807, 2.05) is 19.1 Å². The Labute approximate surface area is 151 Å². The van der Waals surface area contributed by atoms with Gasteiger partial charge in [0, 0.05) is 29.5 Å². The third-order valence-corrected chi connectivity index (χ3v) is 4.36. The lowest BCUT2D eigenvalue weighted by molar-refractivity contribution is -0.126. The Morgan fingerprint density at radius 3 is 2.96 bits per heavy atom. The molecule has 0 saturated carbocycles. The molecule has 8 heteroatoms. The van der Waals surface area contributed by atoms with E-state index in [9.17, 15) is 4.79 Å². The second-order valence-corrected chi connectivity index (χ2v) is 6.21. The summed E-state index contributed by atoms with van der Waals surface area (Å²) in [5.41, 5.74) is 0.808. The highest BCUT2D eigenvalue weighted by molar-refractivity contribution is 6.30. The SMILES string of the molecule is CC(C(=O)NCCc1nc(-c2cccc(Cl)c2)no1)C1CNC1.Cl. The average molecular weight is 371 g/mol. The minimum atomic E-state index is 0. The van der Waals surface area contributed by atoms with Crippen molar-refractivity contribution < 1.29 is 9.32 Å². The van der Waals surface area contributed by atoms with Crippen LogP contribution in [0.25, 0.3) is 11.4 Å². The van der Waals surface area contributed by atoms with Crippen LogP contribution >= 0.6 is 24.0 Å². The number of amides is 1. The summed E-state index contributed by atoms with van der Waals surface area (Å²) in [6.07, 6.45) is 0.509. The van der Waals surface area contributed by atoms with Gasteiger partial charge in [0.05, 0.1) is 0 Å². The first-order valence-corrected chi connectivity index (χ1v) is 8.08. The molecule has 1 fully saturated rings. The smallest absolute Gasteiger partial charge is 0.228 e. The number of halogens is 2. The van der Waals surface area contributed by atoms with Gasteiger partial charge in [-0.1, -0.05) is 35.8 Å². The molecule has 24 heavy (non-hydrogen) atoms. The van der Waals surface area contributed by atoms with Crippen LogP contribution in [-0.4, -0.2) is 35.7 Å². The Hall–Kier alpha value is -1.63. The molecule has 2 heterocycles. The van der Waals surface area contributed by atoms with Gasteiger partial charge < -0.3 is 15.2 Å². The van der Waals surface area contributed by atoms with Gasteiger partial charge in [0.2, 0.25) is 17.6 Å². The van der Waals surface area contributed by atoms with E-state index < -0.39 is 0 Å². The van der Waals surface area contributed by atoms with Crippen molar-refractivity contribution in [3.05, 3.63) is 35.2 Å². The molecule has 2 aromatic rings. The standard InChI is InChI=1S/C16H19ClN4O2.ClH/c1-10(12-8-18-9-12)16(22)19-6-5-14-20-15(21-23-14)11-3-2-4-13(17)7-11;/h2-4,7,10,12,18H,5-6,8-9H2,1H3,(H,19,22);1H. The number of carbonyl (C=O) groups excluding carboxylic acids is 1. The number of nitrogens with zero attached hydrogens (tertiary/aromatic N) is 2. The minimum absolute atomic E-state index is 0. The first-order valence-electron chi connectivity index (χ1n) is 7.70. The molecule has 0 radical (unpaired) electrons. The Morgan fingerprint density at radius 1 is 1.50 bits per heavy atom. The van der Waals surface area contributed by atoms with E-state index in [0.29, 0.717) is 35.6 Å². The molecular formula is C16H20Cl2N4O2. The number of carbonyl (C=O) groups is 1. The maximum absolute atomic E-state index is 12.0. The summed E-state index contributed by atoms with van der Waals surface area (Å²) in [7, 11) is 0. The molecule has 1 amide bonds. The number of nitrogens with one attached hydrogen (secondary N) is 2. The van der Waals surface area contributed by atoms with Gasteiger partial charge in [-0.3, -0.25) is 4.79 Å². The summed E-state index contributed by atoms with van der Waals surface area (Å²) in [5, 5.41) is 10.7. The summed E-state index contributed by atoms with van der Waals surface area (Å²) in [5.74, 6) is 1.54. The lowest BCUT2D eigenvalue weighted by Gasteiger charge is -2.31. The summed E-state index contributed by atoms with van der Waals surface area (Å²) in [6, 6.07) is 7.29. The molecule has 2 N–H and O–H groups in total. The maximum atomic E-state index is 12.0. The lowest BCUT2D eigenvalue weighted by atomic mass is 9.88. The Kier molecular flexibility index (Phi) is 6.60. The zero-order valence-electron chi connectivity index (χ0n) is 13.3. The molecule has 0 bridgehead atoms. The van der Waals surface area contributed by atoms with Crippen molar-refractivity contribution in [3.63, 3.8) is 0 Å². The molecule has 3 rings (SSSR count). The molecule has 6 nitrogen and oxygen atoms in total. The van der Waals surface area contributed by atoms with E-state index in [2.05, 4.69) is 20.8 Å². The van der Waals surface area contributed by atoms with Crippen LogP contribution in [0.3, 0.4) is 0 Å².